The Labute approximate surface area is 214 Å². The predicted molar refractivity (Wildman–Crippen MR) is 128 cm³/mol. The number of aliphatic hydroxyl groups is 3. The predicted octanol–water partition coefficient (Wildman–Crippen LogP) is -3.10. The van der Waals surface area contributed by atoms with E-state index in [1.165, 1.54) is 26.2 Å². The maximum absolute atomic E-state index is 14.2. The van der Waals surface area contributed by atoms with Crippen LogP contribution in [0.5, 0.6) is 5.75 Å². The van der Waals surface area contributed by atoms with Gasteiger partial charge in [0.1, 0.15) is 34.5 Å². The molecule has 0 bridgehead atoms. The number of Topliss-reactive ketones (excluding diaryl/α,β-unsaturated/α-hetero) is 2. The number of benzene rings is 1. The molecule has 0 saturated heterocycles. The first kappa shape index (κ1) is 26.7. The molecule has 38 heavy (non-hydrogen) atoms. The fourth-order valence-electron chi connectivity index (χ4n) is 6.06. The Balaban J connectivity index is 2.21. The van der Waals surface area contributed by atoms with Gasteiger partial charge in [-0.05, 0) is 25.7 Å². The average Bonchev–Trinajstić information content (AvgIpc) is 2.82. The average molecular weight is 527 g/mol. The zero-order valence-corrected chi connectivity index (χ0v) is 20.1. The number of nitrogens with two attached hydrogens (primary N) is 4. The lowest BCUT2D eigenvalue weighted by Gasteiger charge is -2.62. The zero-order chi connectivity index (χ0) is 28.7. The quantitative estimate of drug-likeness (QED) is 0.107. The van der Waals surface area contributed by atoms with Crippen molar-refractivity contribution in [3.8, 4) is 11.8 Å². The Kier molecular flexibility index (Phi) is 5.68. The van der Waals surface area contributed by atoms with Crippen molar-refractivity contribution in [1.29, 1.82) is 5.26 Å². The Morgan fingerprint density at radius 3 is 2.32 bits per heavy atom. The van der Waals surface area contributed by atoms with Gasteiger partial charge in [0.25, 0.3) is 5.91 Å². The molecule has 1 fully saturated rings. The summed E-state index contributed by atoms with van der Waals surface area (Å²) in [6.07, 6.45) is -2.07. The fourth-order valence-corrected chi connectivity index (χ4v) is 6.06. The van der Waals surface area contributed by atoms with Crippen LogP contribution < -0.4 is 28.3 Å². The van der Waals surface area contributed by atoms with Crippen molar-refractivity contribution in [2.45, 2.75) is 29.3 Å². The third-order valence-electron chi connectivity index (χ3n) is 7.77. The SMILES string of the molecule is CN(C)[C@@H]1C(=O)C(C(N)=O)=C(O)[C@@]2(C#N)C(=O)C3=C(O)c4c(ccc(NC=O)c4O)C(N)[C@@]3(N)[C@H](O)[C@@]12N. The van der Waals surface area contributed by atoms with Crippen LogP contribution in [-0.4, -0.2) is 86.5 Å². The van der Waals surface area contributed by atoms with Crippen LogP contribution in [0.25, 0.3) is 5.76 Å². The Hall–Kier alpha value is -4.33. The fraction of sp³-hybridized carbons (Fsp3) is 0.348. The maximum Gasteiger partial charge on any atom is 0.255 e. The molecule has 0 aliphatic heterocycles. The van der Waals surface area contributed by atoms with Gasteiger partial charge in [-0.25, -0.2) is 0 Å². The van der Waals surface area contributed by atoms with Gasteiger partial charge in [0.15, 0.2) is 17.0 Å². The number of rotatable bonds is 4. The topological polar surface area (TPSA) is 292 Å². The number of ketones is 2. The van der Waals surface area contributed by atoms with Gasteiger partial charge in [0.05, 0.1) is 40.5 Å². The molecular weight excluding hydrogens is 502 g/mol. The summed E-state index contributed by atoms with van der Waals surface area (Å²) in [7, 11) is 2.61. The van der Waals surface area contributed by atoms with E-state index >= 15 is 0 Å². The van der Waals surface area contributed by atoms with Crippen LogP contribution in [0.1, 0.15) is 17.2 Å². The summed E-state index contributed by atoms with van der Waals surface area (Å²) in [6.45, 7) is 0. The van der Waals surface area contributed by atoms with Gasteiger partial charge in [-0.15, -0.1) is 0 Å². The van der Waals surface area contributed by atoms with Crippen molar-refractivity contribution in [2.24, 2.45) is 28.3 Å². The number of hydrogen-bond donors (Lipinski definition) is 9. The highest BCUT2D eigenvalue weighted by atomic mass is 16.3. The molecule has 1 unspecified atom stereocenters. The Bertz CT molecular complexity index is 1450. The first-order chi connectivity index (χ1) is 17.6. The minimum Gasteiger partial charge on any atom is -0.509 e. The van der Waals surface area contributed by atoms with Crippen LogP contribution >= 0.6 is 0 Å². The van der Waals surface area contributed by atoms with Crippen LogP contribution in [-0.2, 0) is 19.2 Å². The minimum absolute atomic E-state index is 0.0799. The first-order valence-corrected chi connectivity index (χ1v) is 11.0. The number of likely N-dealkylation sites (N-methyl/N-ethyl adjacent to an activating group) is 1. The van der Waals surface area contributed by atoms with E-state index < -0.39 is 86.1 Å². The summed E-state index contributed by atoms with van der Waals surface area (Å²) in [6, 6.07) is 0.613. The first-order valence-electron chi connectivity index (χ1n) is 11.0. The van der Waals surface area contributed by atoms with Gasteiger partial charge < -0.3 is 48.7 Å². The number of amides is 2. The van der Waals surface area contributed by atoms with Gasteiger partial charge >= 0.3 is 0 Å². The molecule has 0 spiro atoms. The third-order valence-corrected chi connectivity index (χ3v) is 7.77. The summed E-state index contributed by atoms with van der Waals surface area (Å²) in [5.41, 5.74) is 13.9. The van der Waals surface area contributed by atoms with Crippen LogP contribution in [0.15, 0.2) is 29.0 Å². The number of primary amides is 1. The van der Waals surface area contributed by atoms with E-state index in [1.807, 2.05) is 0 Å². The second kappa shape index (κ2) is 8.08. The monoisotopic (exact) mass is 527 g/mol. The molecule has 1 saturated carbocycles. The second-order valence-electron chi connectivity index (χ2n) is 9.67. The van der Waals surface area contributed by atoms with E-state index in [1.54, 1.807) is 6.07 Å². The molecule has 15 nitrogen and oxygen atoms in total. The van der Waals surface area contributed by atoms with Gasteiger partial charge in [0.2, 0.25) is 6.41 Å². The lowest BCUT2D eigenvalue weighted by molar-refractivity contribution is -0.153. The van der Waals surface area contributed by atoms with Crippen molar-refractivity contribution in [1.82, 2.24) is 4.90 Å². The van der Waals surface area contributed by atoms with Crippen LogP contribution in [0.3, 0.4) is 0 Å². The summed E-state index contributed by atoms with van der Waals surface area (Å²) < 4.78 is 0. The van der Waals surface area contributed by atoms with E-state index in [0.29, 0.717) is 0 Å². The number of anilines is 1. The van der Waals surface area contributed by atoms with Gasteiger partial charge in [-0.2, -0.15) is 5.26 Å². The highest BCUT2D eigenvalue weighted by Gasteiger charge is 2.79. The molecule has 0 radical (unpaired) electrons. The molecule has 0 aromatic heterocycles. The van der Waals surface area contributed by atoms with E-state index in [-0.39, 0.29) is 17.7 Å². The lowest BCUT2D eigenvalue weighted by atomic mass is 9.45. The van der Waals surface area contributed by atoms with E-state index in [0.717, 1.165) is 4.90 Å². The van der Waals surface area contributed by atoms with Crippen LogP contribution in [0, 0.1) is 16.7 Å². The highest BCUT2D eigenvalue weighted by molar-refractivity contribution is 6.26. The molecule has 6 atom stereocenters. The number of hydrogen-bond acceptors (Lipinski definition) is 13. The molecule has 3 aliphatic rings. The molecule has 15 heteroatoms. The van der Waals surface area contributed by atoms with E-state index in [4.69, 9.17) is 22.9 Å². The third kappa shape index (κ3) is 2.67. The number of phenols is 1. The highest BCUT2D eigenvalue weighted by Crippen LogP contribution is 2.60. The van der Waals surface area contributed by atoms with Crippen LogP contribution in [0.4, 0.5) is 5.69 Å². The number of nitrogens with one attached hydrogen (secondary N) is 1. The number of aliphatic hydroxyl groups excluding tert-OH is 3. The van der Waals surface area contributed by atoms with Crippen molar-refractivity contribution in [2.75, 3.05) is 19.4 Å². The molecular formula is C23H25N7O8. The molecule has 2 amide bonds. The van der Waals surface area contributed by atoms with E-state index in [9.17, 15) is 44.9 Å². The van der Waals surface area contributed by atoms with Gasteiger partial charge in [0, 0.05) is 0 Å². The zero-order valence-electron chi connectivity index (χ0n) is 20.1. The Morgan fingerprint density at radius 2 is 1.82 bits per heavy atom. The standard InChI is InChI=1S/C23H25N7O8/c1-30(2)16-14(34)10(19(26)37)17(35)21(5-24)18(36)11-13(33)9-7(3-4-8(12(9)32)29-6-31)15(25)22(11,27)20(38)23(16,21)28/h3-4,6,15-16,20,32-33,35,38H,25,27-28H2,1-2H3,(H2,26,37)(H,29,31)/t15?,16-,20+,21+,22-,23+/m1/s1. The number of nitrogens with zero attached hydrogens (tertiary/aromatic N) is 2. The number of nitriles is 1. The van der Waals surface area contributed by atoms with Crippen molar-refractivity contribution >= 4 is 35.3 Å². The number of phenolic OH excluding ortho intramolecular Hbond substituents is 1. The molecule has 13 N–H and O–H groups in total. The molecule has 0 heterocycles. The molecule has 4 rings (SSSR count). The van der Waals surface area contributed by atoms with Crippen molar-refractivity contribution in [3.05, 3.63) is 40.2 Å². The lowest BCUT2D eigenvalue weighted by Crippen LogP contribution is -2.87. The van der Waals surface area contributed by atoms with Crippen molar-refractivity contribution in [3.63, 3.8) is 0 Å². The molecule has 3 aliphatic carbocycles. The number of fused-ring (bicyclic) bond motifs is 3. The largest absolute Gasteiger partial charge is 0.509 e. The number of carbonyl (C=O) groups is 4. The summed E-state index contributed by atoms with van der Waals surface area (Å²) in [5.74, 6) is -7.34. The smallest absolute Gasteiger partial charge is 0.255 e. The summed E-state index contributed by atoms with van der Waals surface area (Å²) >= 11 is 0. The number of carbonyl (C=O) groups excluding carboxylic acids is 4. The summed E-state index contributed by atoms with van der Waals surface area (Å²) in [4.78, 5) is 51.9. The minimum atomic E-state index is -3.07. The van der Waals surface area contributed by atoms with Gasteiger partial charge in [-0.1, -0.05) is 6.07 Å². The molecule has 200 valence electrons. The maximum atomic E-state index is 14.2. The van der Waals surface area contributed by atoms with Gasteiger partial charge in [-0.3, -0.25) is 24.1 Å². The summed E-state index contributed by atoms with van der Waals surface area (Å²) in [5, 5.41) is 57.5. The molecule has 1 aromatic rings. The van der Waals surface area contributed by atoms with Crippen LogP contribution in [0.2, 0.25) is 0 Å². The second-order valence-corrected chi connectivity index (χ2v) is 9.67. The van der Waals surface area contributed by atoms with E-state index in [2.05, 4.69) is 5.32 Å². The Morgan fingerprint density at radius 1 is 1.21 bits per heavy atom. The van der Waals surface area contributed by atoms with Crippen molar-refractivity contribution < 1.29 is 39.6 Å². The normalized spacial score (nSPS) is 34.3. The molecule has 1 aromatic carbocycles. The number of aromatic hydroxyl groups is 1.